The third kappa shape index (κ3) is 5.41. The Hall–Kier alpha value is -0.920. The van der Waals surface area contributed by atoms with E-state index < -0.39 is 10.0 Å². The van der Waals surface area contributed by atoms with Crippen molar-refractivity contribution in [2.45, 2.75) is 51.5 Å². The van der Waals surface area contributed by atoms with Gasteiger partial charge < -0.3 is 5.32 Å². The van der Waals surface area contributed by atoms with E-state index >= 15 is 0 Å². The Morgan fingerprint density at radius 3 is 2.62 bits per heavy atom. The van der Waals surface area contributed by atoms with E-state index in [9.17, 15) is 8.42 Å². The molecule has 0 fully saturated rings. The molecule has 0 aliphatic carbocycles. The predicted molar refractivity (Wildman–Crippen MR) is 84.7 cm³/mol. The smallest absolute Gasteiger partial charge is 0.246 e. The molecule has 1 rings (SSSR count). The molecule has 0 radical (unpaired) electrons. The Balaban J connectivity index is 2.68. The minimum absolute atomic E-state index is 0.288. The summed E-state index contributed by atoms with van der Waals surface area (Å²) in [6.07, 6.45) is 6.01. The van der Waals surface area contributed by atoms with E-state index in [-0.39, 0.29) is 4.90 Å². The van der Waals surface area contributed by atoms with Crippen molar-refractivity contribution in [3.05, 3.63) is 12.4 Å². The second kappa shape index (κ2) is 9.17. The first-order valence-electron chi connectivity index (χ1n) is 7.79. The van der Waals surface area contributed by atoms with Gasteiger partial charge in [0.2, 0.25) is 10.0 Å². The van der Waals surface area contributed by atoms with Crippen molar-refractivity contribution in [1.29, 1.82) is 0 Å². The van der Waals surface area contributed by atoms with E-state index in [0.29, 0.717) is 19.6 Å². The van der Waals surface area contributed by atoms with Gasteiger partial charge in [-0.2, -0.15) is 9.40 Å². The van der Waals surface area contributed by atoms with Crippen LogP contribution in [0.5, 0.6) is 0 Å². The van der Waals surface area contributed by atoms with E-state index in [1.165, 1.54) is 10.5 Å². The number of unbranched alkanes of at least 4 members (excludes halogenated alkanes) is 1. The van der Waals surface area contributed by atoms with E-state index in [4.69, 9.17) is 0 Å². The van der Waals surface area contributed by atoms with Crippen LogP contribution in [0.15, 0.2) is 17.3 Å². The number of nitrogens with zero attached hydrogens (tertiary/aromatic N) is 3. The topological polar surface area (TPSA) is 67.2 Å². The molecule has 1 aromatic rings. The summed E-state index contributed by atoms with van der Waals surface area (Å²) < 4.78 is 28.2. The summed E-state index contributed by atoms with van der Waals surface area (Å²) in [6.45, 7) is 9.53. The summed E-state index contributed by atoms with van der Waals surface area (Å²) in [7, 11) is -3.41. The van der Waals surface area contributed by atoms with Gasteiger partial charge in [0.25, 0.3) is 0 Å². The Bertz CT molecular complexity index is 499. The van der Waals surface area contributed by atoms with Crippen molar-refractivity contribution in [2.75, 3.05) is 26.2 Å². The first-order valence-corrected chi connectivity index (χ1v) is 9.23. The Morgan fingerprint density at radius 2 is 2.00 bits per heavy atom. The predicted octanol–water partition coefficient (Wildman–Crippen LogP) is 1.69. The highest BCUT2D eigenvalue weighted by Gasteiger charge is 2.24. The van der Waals surface area contributed by atoms with Crippen molar-refractivity contribution in [3.63, 3.8) is 0 Å². The highest BCUT2D eigenvalue weighted by atomic mass is 32.2. The molecule has 21 heavy (non-hydrogen) atoms. The molecule has 0 saturated heterocycles. The second-order valence-electron chi connectivity index (χ2n) is 5.04. The van der Waals surface area contributed by atoms with Crippen molar-refractivity contribution in [2.24, 2.45) is 0 Å². The molecule has 0 spiro atoms. The molecule has 0 atom stereocenters. The molecule has 0 bridgehead atoms. The van der Waals surface area contributed by atoms with Gasteiger partial charge in [-0.15, -0.1) is 0 Å². The van der Waals surface area contributed by atoms with Crippen molar-refractivity contribution in [1.82, 2.24) is 19.4 Å². The molecule has 0 saturated carbocycles. The van der Waals surface area contributed by atoms with E-state index in [1.54, 1.807) is 10.9 Å². The SMILES string of the molecule is CCCCN(CC)S(=O)(=O)c1cnn(CCNCCC)c1. The van der Waals surface area contributed by atoms with E-state index in [1.807, 2.05) is 6.92 Å². The summed E-state index contributed by atoms with van der Waals surface area (Å²) in [5.41, 5.74) is 0. The number of sulfonamides is 1. The summed E-state index contributed by atoms with van der Waals surface area (Å²) in [6, 6.07) is 0. The third-order valence-electron chi connectivity index (χ3n) is 3.31. The quantitative estimate of drug-likeness (QED) is 0.631. The van der Waals surface area contributed by atoms with Gasteiger partial charge in [-0.1, -0.05) is 27.2 Å². The molecular formula is C14H28N4O2S. The molecule has 6 nitrogen and oxygen atoms in total. The molecule has 0 aliphatic rings. The molecular weight excluding hydrogens is 288 g/mol. The van der Waals surface area contributed by atoms with Crippen LogP contribution in [-0.4, -0.2) is 48.7 Å². The average molecular weight is 316 g/mol. The molecule has 122 valence electrons. The van der Waals surface area contributed by atoms with Gasteiger partial charge in [-0.3, -0.25) is 4.68 Å². The Morgan fingerprint density at radius 1 is 1.24 bits per heavy atom. The van der Waals surface area contributed by atoms with Crippen LogP contribution < -0.4 is 5.32 Å². The van der Waals surface area contributed by atoms with Gasteiger partial charge in [-0.05, 0) is 19.4 Å². The molecule has 0 aromatic carbocycles. The van der Waals surface area contributed by atoms with Crippen LogP contribution in [-0.2, 0) is 16.6 Å². The van der Waals surface area contributed by atoms with Crippen molar-refractivity contribution >= 4 is 10.0 Å². The molecule has 1 aromatic heterocycles. The van der Waals surface area contributed by atoms with Gasteiger partial charge in [-0.25, -0.2) is 8.42 Å². The molecule has 0 aliphatic heterocycles. The number of nitrogens with one attached hydrogen (secondary N) is 1. The lowest BCUT2D eigenvalue weighted by molar-refractivity contribution is 0.419. The zero-order valence-corrected chi connectivity index (χ0v) is 14.2. The van der Waals surface area contributed by atoms with Gasteiger partial charge in [0.05, 0.1) is 12.7 Å². The maximum Gasteiger partial charge on any atom is 0.246 e. The second-order valence-corrected chi connectivity index (χ2v) is 6.98. The molecule has 1 heterocycles. The lowest BCUT2D eigenvalue weighted by Crippen LogP contribution is -2.31. The maximum atomic E-state index is 12.5. The van der Waals surface area contributed by atoms with Crippen molar-refractivity contribution in [3.8, 4) is 0 Å². The van der Waals surface area contributed by atoms with Crippen LogP contribution >= 0.6 is 0 Å². The summed E-state index contributed by atoms with van der Waals surface area (Å²) >= 11 is 0. The van der Waals surface area contributed by atoms with E-state index in [0.717, 1.165) is 32.4 Å². The van der Waals surface area contributed by atoms with Crippen LogP contribution in [0.3, 0.4) is 0 Å². The van der Waals surface area contributed by atoms with Crippen LogP contribution in [0, 0.1) is 0 Å². The first-order chi connectivity index (χ1) is 10.1. The Kier molecular flexibility index (Phi) is 7.92. The Labute approximate surface area is 128 Å². The highest BCUT2D eigenvalue weighted by molar-refractivity contribution is 7.89. The lowest BCUT2D eigenvalue weighted by atomic mass is 10.3. The summed E-state index contributed by atoms with van der Waals surface area (Å²) in [5, 5.41) is 7.42. The monoisotopic (exact) mass is 316 g/mol. The van der Waals surface area contributed by atoms with Crippen LogP contribution in [0.2, 0.25) is 0 Å². The lowest BCUT2D eigenvalue weighted by Gasteiger charge is -2.18. The molecule has 7 heteroatoms. The van der Waals surface area contributed by atoms with Gasteiger partial charge in [0.15, 0.2) is 0 Å². The minimum Gasteiger partial charge on any atom is -0.315 e. The van der Waals surface area contributed by atoms with Gasteiger partial charge in [0.1, 0.15) is 4.90 Å². The van der Waals surface area contributed by atoms with Crippen LogP contribution in [0.4, 0.5) is 0 Å². The fourth-order valence-corrected chi connectivity index (χ4v) is 3.47. The number of hydrogen-bond donors (Lipinski definition) is 1. The fourth-order valence-electron chi connectivity index (χ4n) is 2.03. The first kappa shape index (κ1) is 18.1. The summed E-state index contributed by atoms with van der Waals surface area (Å²) in [4.78, 5) is 0.288. The fraction of sp³-hybridized carbons (Fsp3) is 0.786. The van der Waals surface area contributed by atoms with Crippen LogP contribution in [0.25, 0.3) is 0 Å². The largest absolute Gasteiger partial charge is 0.315 e. The van der Waals surface area contributed by atoms with Gasteiger partial charge >= 0.3 is 0 Å². The molecule has 1 N–H and O–H groups in total. The number of hydrogen-bond acceptors (Lipinski definition) is 4. The summed E-state index contributed by atoms with van der Waals surface area (Å²) in [5.74, 6) is 0. The molecule has 0 unspecified atom stereocenters. The normalized spacial score (nSPS) is 12.2. The number of aromatic nitrogens is 2. The van der Waals surface area contributed by atoms with Crippen LogP contribution in [0.1, 0.15) is 40.0 Å². The minimum atomic E-state index is -3.41. The number of rotatable bonds is 11. The van der Waals surface area contributed by atoms with Crippen molar-refractivity contribution < 1.29 is 8.42 Å². The maximum absolute atomic E-state index is 12.5. The zero-order chi connectivity index (χ0) is 15.7. The standard InChI is InChI=1S/C14H28N4O2S/c1-4-7-10-18(6-3)21(19,20)14-12-16-17(13-14)11-9-15-8-5-2/h12-13,15H,4-11H2,1-3H3. The third-order valence-corrected chi connectivity index (χ3v) is 5.23. The molecule has 0 amide bonds. The highest BCUT2D eigenvalue weighted by Crippen LogP contribution is 2.15. The van der Waals surface area contributed by atoms with Gasteiger partial charge in [0, 0.05) is 25.8 Å². The average Bonchev–Trinajstić information content (AvgIpc) is 2.94. The van der Waals surface area contributed by atoms with E-state index in [2.05, 4.69) is 24.3 Å². The zero-order valence-electron chi connectivity index (χ0n) is 13.4.